The van der Waals surface area contributed by atoms with Gasteiger partial charge in [-0.1, -0.05) is 217 Å². The number of aryl methyl sites for hydroxylation is 1. The van der Waals surface area contributed by atoms with Crippen LogP contribution in [0.1, 0.15) is 124 Å². The summed E-state index contributed by atoms with van der Waals surface area (Å²) in [6.45, 7) is 11.7. The van der Waals surface area contributed by atoms with Crippen LogP contribution >= 0.6 is 58.0 Å². The number of nitro benzene ring substituents is 1. The van der Waals surface area contributed by atoms with E-state index in [4.69, 9.17) is 62.7 Å². The predicted octanol–water partition coefficient (Wildman–Crippen LogP) is 24.3. The highest BCUT2D eigenvalue weighted by atomic mass is 35.5. The SMILES string of the molecule is CC(C)c1ccc(S(=O)(=O)Nc2ccc(Cl)cc2C(=O)c2cccc(Cl)c2)cc1.CCN(CC)c1ccc(S(=O)(=O)Nc2ccc(Cl)cc2C(=O)c2ccccc2)cc1.COc1ccc(S(=O)(=O)Nc2ccc(F)cc2C(=O)c2ccccc2)cc1.Cc1ccc(S(=O)(=O)Nc2ccc(Cl)cc2C(=O)c2cccc(F)c2)cc1.O=C(c1ccccc1)c1cc(Cl)ccc1NS(=O)(=O)c1ccc([N+](=O)[O-])cc1. The van der Waals surface area contributed by atoms with Crippen LogP contribution in [0.3, 0.4) is 0 Å². The number of hydrogen-bond donors (Lipinski definition) is 5. The third kappa shape index (κ3) is 29.0. The number of non-ortho nitro benzene ring substituents is 1. The molecule has 141 heavy (non-hydrogen) atoms. The number of nitrogens with one attached hydrogen (secondary N) is 5. The highest BCUT2D eigenvalue weighted by Gasteiger charge is 2.28. The van der Waals surface area contributed by atoms with Crippen LogP contribution in [-0.4, -0.2) is 96.1 Å². The van der Waals surface area contributed by atoms with Gasteiger partial charge in [-0.3, -0.25) is 57.7 Å². The smallest absolute Gasteiger partial charge is 0.269 e. The van der Waals surface area contributed by atoms with E-state index in [2.05, 4.69) is 28.5 Å². The lowest BCUT2D eigenvalue weighted by molar-refractivity contribution is -0.384. The Kier molecular flexibility index (Phi) is 36.5. The van der Waals surface area contributed by atoms with Gasteiger partial charge in [0.25, 0.3) is 55.8 Å². The fourth-order valence-electron chi connectivity index (χ4n) is 13.5. The van der Waals surface area contributed by atoms with Crippen LogP contribution in [0.25, 0.3) is 0 Å². The maximum absolute atomic E-state index is 13.7. The number of rotatable bonds is 31. The molecular formula is C104H86Cl5F2N7O18S5. The summed E-state index contributed by atoms with van der Waals surface area (Å²) in [6.07, 6.45) is 0. The van der Waals surface area contributed by atoms with Gasteiger partial charge >= 0.3 is 0 Å². The number of benzene rings is 15. The van der Waals surface area contributed by atoms with Crippen molar-refractivity contribution >= 4 is 177 Å². The van der Waals surface area contributed by atoms with E-state index in [-0.39, 0.29) is 120 Å². The van der Waals surface area contributed by atoms with Gasteiger partial charge in [0.2, 0.25) is 0 Å². The fourth-order valence-corrected chi connectivity index (χ4v) is 19.7. The molecule has 0 bridgehead atoms. The molecule has 0 fully saturated rings. The molecule has 0 radical (unpaired) electrons. The lowest BCUT2D eigenvalue weighted by atomic mass is 10.0. The van der Waals surface area contributed by atoms with Crippen LogP contribution in [0.15, 0.2) is 376 Å². The fraction of sp³-hybridized carbons (Fsp3) is 0.0865. The molecule has 724 valence electrons. The first-order chi connectivity index (χ1) is 67.0. The molecule has 25 nitrogen and oxygen atoms in total. The highest BCUT2D eigenvalue weighted by Crippen LogP contribution is 2.35. The monoisotopic (exact) mass is 2090 g/mol. The maximum atomic E-state index is 13.7. The number of hydrogen-bond acceptors (Lipinski definition) is 19. The molecule has 15 aromatic carbocycles. The average molecular weight is 2100 g/mol. The standard InChI is InChI=1S/C23H23ClN2O3S.C22H19Cl2NO3S.C20H15ClFNO3S.C20H16FNO4S.C19H13ClN2O5S/c1-3-26(4-2)19-11-13-20(14-12-19)30(28,29)25-22-15-10-18(24)16-21(22)23(27)17-8-6-5-7-9-17;1-14(2)15-6-9-19(10-7-15)29(27,28)25-21-11-8-18(24)13-20(21)22(26)16-4-3-5-17(23)12-16;1-13-5-8-17(9-6-13)27(25,26)23-19-10-7-15(21)12-18(19)20(24)14-3-2-4-16(22)11-14;1-26-16-8-10-17(11-9-16)27(24,25)22-19-12-7-15(21)13-18(19)20(23)14-5-3-2-4-6-14;20-14-6-11-18(17(12-14)19(23)13-4-2-1-3-5-13)21-28(26,27)16-9-7-15(8-10-16)22(24)25/h5-16,25H,3-4H2,1-2H3;3-14,25H,1-2H3;2-12,23H,1H3;2-13,22H,1H3;1-12,21H. The molecular weight excluding hydrogens is 2010 g/mol. The van der Waals surface area contributed by atoms with Crippen molar-refractivity contribution in [3.05, 3.63) is 465 Å². The van der Waals surface area contributed by atoms with E-state index in [1.165, 1.54) is 141 Å². The van der Waals surface area contributed by atoms with Crippen LogP contribution in [0.4, 0.5) is 48.6 Å². The van der Waals surface area contributed by atoms with E-state index in [0.29, 0.717) is 43.1 Å². The van der Waals surface area contributed by atoms with E-state index in [1.807, 2.05) is 34.6 Å². The van der Waals surface area contributed by atoms with Gasteiger partial charge in [0.1, 0.15) is 17.4 Å². The van der Waals surface area contributed by atoms with Crippen molar-refractivity contribution in [3.63, 3.8) is 0 Å². The van der Waals surface area contributed by atoms with Crippen LogP contribution in [0.5, 0.6) is 5.75 Å². The van der Waals surface area contributed by atoms with Crippen LogP contribution in [0, 0.1) is 28.7 Å². The largest absolute Gasteiger partial charge is 0.497 e. The molecule has 15 aromatic rings. The molecule has 0 saturated heterocycles. The van der Waals surface area contributed by atoms with Gasteiger partial charge in [0, 0.05) is 112 Å². The summed E-state index contributed by atoms with van der Waals surface area (Å²) in [6, 6.07) is 87.4. The van der Waals surface area contributed by atoms with E-state index in [1.54, 1.807) is 176 Å². The van der Waals surface area contributed by atoms with Crippen LogP contribution < -0.4 is 33.2 Å². The minimum absolute atomic E-state index is 0.000992. The normalized spacial score (nSPS) is 11.2. The molecule has 0 saturated carbocycles. The van der Waals surface area contributed by atoms with Crippen molar-refractivity contribution in [1.29, 1.82) is 0 Å². The van der Waals surface area contributed by atoms with Gasteiger partial charge in [0.05, 0.1) is 64.9 Å². The Morgan fingerprint density at radius 1 is 0.333 bits per heavy atom. The molecule has 37 heteroatoms. The summed E-state index contributed by atoms with van der Waals surface area (Å²) >= 11 is 30.1. The first-order valence-electron chi connectivity index (χ1n) is 42.4. The molecule has 0 aliphatic carbocycles. The molecule has 5 N–H and O–H groups in total. The average Bonchev–Trinajstić information content (AvgIpc) is 0.805. The first kappa shape index (κ1) is 107. The molecule has 0 aliphatic heterocycles. The third-order valence-electron chi connectivity index (χ3n) is 20.8. The number of anilines is 6. The summed E-state index contributed by atoms with van der Waals surface area (Å²) in [7, 11) is -18.2. The Labute approximate surface area is 839 Å². The van der Waals surface area contributed by atoms with E-state index < -0.39 is 84.0 Å². The second kappa shape index (κ2) is 48.1. The quantitative estimate of drug-likeness (QED) is 0.0153. The molecule has 0 heterocycles. The Hall–Kier alpha value is -14.3. The number of methoxy groups -OCH3 is 1. The minimum atomic E-state index is -4.07. The first-order valence-corrected chi connectivity index (χ1v) is 51.7. The van der Waals surface area contributed by atoms with Gasteiger partial charge in [-0.25, -0.2) is 50.9 Å². The van der Waals surface area contributed by atoms with Crippen molar-refractivity contribution in [2.45, 2.75) is 65.0 Å². The van der Waals surface area contributed by atoms with Gasteiger partial charge in [-0.15, -0.1) is 0 Å². The second-order valence-electron chi connectivity index (χ2n) is 30.9. The van der Waals surface area contributed by atoms with E-state index in [9.17, 15) is 85.0 Å². The maximum Gasteiger partial charge on any atom is 0.269 e. The summed E-state index contributed by atoms with van der Waals surface area (Å²) in [5.41, 5.74) is 5.07. The number of carbonyl (C=O) groups is 5. The molecule has 0 unspecified atom stereocenters. The van der Waals surface area contributed by atoms with Crippen molar-refractivity contribution < 1.29 is 84.5 Å². The lowest BCUT2D eigenvalue weighted by Gasteiger charge is -2.21. The summed E-state index contributed by atoms with van der Waals surface area (Å²) in [4.78, 5) is 76.5. The number of ether oxygens (including phenoxy) is 1. The summed E-state index contributed by atoms with van der Waals surface area (Å²) < 4.78 is 172. The van der Waals surface area contributed by atoms with Gasteiger partial charge in [-0.05, 0) is 232 Å². The Bertz CT molecular complexity index is 7740. The van der Waals surface area contributed by atoms with Gasteiger partial charge in [0.15, 0.2) is 28.9 Å². The third-order valence-corrected chi connectivity index (χ3v) is 28.9. The van der Waals surface area contributed by atoms with Gasteiger partial charge in [-0.2, -0.15) is 0 Å². The summed E-state index contributed by atoms with van der Waals surface area (Å²) in [5, 5.41) is 12.3. The molecule has 0 aromatic heterocycles. The van der Waals surface area contributed by atoms with Crippen molar-refractivity contribution in [2.75, 3.05) is 48.7 Å². The van der Waals surface area contributed by atoms with Crippen LogP contribution in [0.2, 0.25) is 25.1 Å². The lowest BCUT2D eigenvalue weighted by Crippen LogP contribution is -2.22. The molecule has 15 rings (SSSR count). The Morgan fingerprint density at radius 3 is 0.929 bits per heavy atom. The Balaban J connectivity index is 0.000000169. The second-order valence-corrected chi connectivity index (χ2v) is 41.5. The zero-order valence-electron chi connectivity index (χ0n) is 75.4. The number of nitro groups is 1. The molecule has 0 spiro atoms. The number of halogens is 7. The van der Waals surface area contributed by atoms with Crippen LogP contribution in [-0.2, 0) is 50.1 Å². The number of nitrogens with zero attached hydrogens (tertiary/aromatic N) is 2. The topological polar surface area (TPSA) is 372 Å². The molecule has 0 aliphatic rings. The van der Waals surface area contributed by atoms with Crippen molar-refractivity contribution in [1.82, 2.24) is 0 Å². The van der Waals surface area contributed by atoms with Crippen molar-refractivity contribution in [3.8, 4) is 5.75 Å². The molecule has 0 amide bonds. The number of ketones is 5. The van der Waals surface area contributed by atoms with Gasteiger partial charge < -0.3 is 9.64 Å². The summed E-state index contributed by atoms with van der Waals surface area (Å²) in [5.74, 6) is -2.53. The minimum Gasteiger partial charge on any atom is -0.497 e. The van der Waals surface area contributed by atoms with E-state index in [0.717, 1.165) is 72.4 Å². The van der Waals surface area contributed by atoms with E-state index >= 15 is 0 Å². The van der Waals surface area contributed by atoms with Crippen molar-refractivity contribution in [2.24, 2.45) is 0 Å². The zero-order valence-corrected chi connectivity index (χ0v) is 83.3. The predicted molar refractivity (Wildman–Crippen MR) is 548 cm³/mol. The molecule has 0 atom stereocenters. The number of carbonyl (C=O) groups excluding carboxylic acids is 5. The number of sulfonamides is 5. The Morgan fingerprint density at radius 2 is 0.610 bits per heavy atom. The zero-order chi connectivity index (χ0) is 102. The highest BCUT2D eigenvalue weighted by molar-refractivity contribution is 7.94.